The summed E-state index contributed by atoms with van der Waals surface area (Å²) < 4.78 is 10.5. The number of carbonyl (C=O) groups excluding carboxylic acids is 1. The number of ether oxygens (including phenoxy) is 2. The molecule has 6 nitrogen and oxygen atoms in total. The highest BCUT2D eigenvalue weighted by atomic mass is 16.5. The van der Waals surface area contributed by atoms with Gasteiger partial charge in [0.15, 0.2) is 18.1 Å². The number of hydrogen-bond acceptors (Lipinski definition) is 4. The fourth-order valence-corrected chi connectivity index (χ4v) is 1.86. The molecule has 20 heavy (non-hydrogen) atoms. The Morgan fingerprint density at radius 3 is 2.60 bits per heavy atom. The van der Waals surface area contributed by atoms with Gasteiger partial charge in [-0.1, -0.05) is 6.07 Å². The van der Waals surface area contributed by atoms with Gasteiger partial charge in [-0.3, -0.25) is 4.79 Å². The minimum absolute atomic E-state index is 0.242. The van der Waals surface area contributed by atoms with Crippen molar-refractivity contribution in [1.29, 1.82) is 0 Å². The van der Waals surface area contributed by atoms with Crippen LogP contribution in [0, 0.1) is 6.92 Å². The standard InChI is InChI=1S/C14H17NO5/c1-9-3-4-10(11(7-9)19-2)20-8-12(16)15-14(5-6-14)13(17)18/h3-4,7H,5-6,8H2,1-2H3,(H,15,16)(H,17,18). The number of hydrogen-bond donors (Lipinski definition) is 2. The largest absolute Gasteiger partial charge is 0.493 e. The number of amides is 1. The Kier molecular flexibility index (Phi) is 3.83. The van der Waals surface area contributed by atoms with Gasteiger partial charge in [0.2, 0.25) is 0 Å². The second kappa shape index (κ2) is 5.40. The van der Waals surface area contributed by atoms with Gasteiger partial charge in [-0.05, 0) is 37.5 Å². The predicted octanol–water partition coefficient (Wildman–Crippen LogP) is 1.12. The lowest BCUT2D eigenvalue weighted by molar-refractivity contribution is -0.143. The Morgan fingerprint density at radius 2 is 2.05 bits per heavy atom. The number of carboxylic acid groups (broad SMARTS) is 1. The average Bonchev–Trinajstić information content (AvgIpc) is 3.18. The lowest BCUT2D eigenvalue weighted by atomic mass is 10.2. The van der Waals surface area contributed by atoms with Gasteiger partial charge in [0.05, 0.1) is 7.11 Å². The van der Waals surface area contributed by atoms with Crippen LogP contribution in [0.3, 0.4) is 0 Å². The molecule has 0 saturated heterocycles. The third-order valence-electron chi connectivity index (χ3n) is 3.22. The first kappa shape index (κ1) is 14.2. The van der Waals surface area contributed by atoms with E-state index in [1.165, 1.54) is 7.11 Å². The van der Waals surface area contributed by atoms with Crippen LogP contribution in [0.15, 0.2) is 18.2 Å². The van der Waals surface area contributed by atoms with Crippen LogP contribution >= 0.6 is 0 Å². The van der Waals surface area contributed by atoms with E-state index in [2.05, 4.69) is 5.32 Å². The third-order valence-corrected chi connectivity index (χ3v) is 3.22. The van der Waals surface area contributed by atoms with E-state index in [0.717, 1.165) is 5.56 Å². The molecule has 1 amide bonds. The van der Waals surface area contributed by atoms with E-state index in [1.54, 1.807) is 12.1 Å². The summed E-state index contributed by atoms with van der Waals surface area (Å²) in [5.74, 6) is -0.461. The van der Waals surface area contributed by atoms with Crippen LogP contribution in [0.1, 0.15) is 18.4 Å². The molecule has 6 heteroatoms. The number of aryl methyl sites for hydroxylation is 1. The summed E-state index contributed by atoms with van der Waals surface area (Å²) >= 11 is 0. The highest BCUT2D eigenvalue weighted by Crippen LogP contribution is 2.35. The Hall–Kier alpha value is -2.24. The molecule has 1 aliphatic carbocycles. The Balaban J connectivity index is 1.92. The van der Waals surface area contributed by atoms with E-state index in [-0.39, 0.29) is 6.61 Å². The van der Waals surface area contributed by atoms with Gasteiger partial charge in [-0.15, -0.1) is 0 Å². The zero-order valence-corrected chi connectivity index (χ0v) is 11.4. The number of carbonyl (C=O) groups is 2. The summed E-state index contributed by atoms with van der Waals surface area (Å²) in [7, 11) is 1.52. The number of aliphatic carboxylic acids is 1. The van der Waals surface area contributed by atoms with Crippen molar-refractivity contribution in [3.05, 3.63) is 23.8 Å². The van der Waals surface area contributed by atoms with Crippen LogP contribution in [0.5, 0.6) is 11.5 Å². The number of benzene rings is 1. The van der Waals surface area contributed by atoms with Crippen LogP contribution < -0.4 is 14.8 Å². The molecular weight excluding hydrogens is 262 g/mol. The van der Waals surface area contributed by atoms with Gasteiger partial charge < -0.3 is 19.9 Å². The van der Waals surface area contributed by atoms with Gasteiger partial charge in [-0.25, -0.2) is 4.79 Å². The highest BCUT2D eigenvalue weighted by Gasteiger charge is 2.51. The first-order valence-corrected chi connectivity index (χ1v) is 6.29. The molecule has 0 heterocycles. The van der Waals surface area contributed by atoms with Crippen molar-refractivity contribution >= 4 is 11.9 Å². The van der Waals surface area contributed by atoms with Gasteiger partial charge >= 0.3 is 5.97 Å². The van der Waals surface area contributed by atoms with Crippen molar-refractivity contribution in [3.63, 3.8) is 0 Å². The maximum atomic E-state index is 11.7. The smallest absolute Gasteiger partial charge is 0.329 e. The van der Waals surface area contributed by atoms with Gasteiger partial charge in [0.25, 0.3) is 5.91 Å². The van der Waals surface area contributed by atoms with E-state index in [0.29, 0.717) is 24.3 Å². The summed E-state index contributed by atoms with van der Waals surface area (Å²) in [6, 6.07) is 5.35. The fourth-order valence-electron chi connectivity index (χ4n) is 1.86. The molecule has 1 aliphatic rings. The van der Waals surface area contributed by atoms with Crippen molar-refractivity contribution < 1.29 is 24.2 Å². The molecule has 1 aromatic rings. The molecule has 0 bridgehead atoms. The third kappa shape index (κ3) is 3.01. The number of carboxylic acids is 1. The molecule has 108 valence electrons. The Morgan fingerprint density at radius 1 is 1.35 bits per heavy atom. The second-order valence-electron chi connectivity index (χ2n) is 4.88. The SMILES string of the molecule is COc1cc(C)ccc1OCC(=O)NC1(C(=O)O)CC1. The topological polar surface area (TPSA) is 84.9 Å². The normalized spacial score (nSPS) is 15.3. The highest BCUT2D eigenvalue weighted by molar-refractivity contribution is 5.90. The van der Waals surface area contributed by atoms with E-state index < -0.39 is 17.4 Å². The quantitative estimate of drug-likeness (QED) is 0.815. The minimum atomic E-state index is -1.09. The van der Waals surface area contributed by atoms with Crippen LogP contribution in [-0.4, -0.2) is 36.2 Å². The molecule has 2 N–H and O–H groups in total. The van der Waals surface area contributed by atoms with Gasteiger partial charge in [-0.2, -0.15) is 0 Å². The minimum Gasteiger partial charge on any atom is -0.493 e. The predicted molar refractivity (Wildman–Crippen MR) is 71.0 cm³/mol. The zero-order chi connectivity index (χ0) is 14.8. The molecular formula is C14H17NO5. The van der Waals surface area contributed by atoms with E-state index in [4.69, 9.17) is 14.6 Å². The summed E-state index contributed by atoms with van der Waals surface area (Å²) in [5.41, 5.74) is -0.0703. The number of methoxy groups -OCH3 is 1. The summed E-state index contributed by atoms with van der Waals surface area (Å²) in [4.78, 5) is 22.7. The van der Waals surface area contributed by atoms with Gasteiger partial charge in [0, 0.05) is 0 Å². The molecule has 2 rings (SSSR count). The summed E-state index contributed by atoms with van der Waals surface area (Å²) in [6.07, 6.45) is 0.920. The maximum Gasteiger partial charge on any atom is 0.329 e. The Labute approximate surface area is 116 Å². The van der Waals surface area contributed by atoms with Crippen LogP contribution in [0.4, 0.5) is 0 Å². The molecule has 0 atom stereocenters. The van der Waals surface area contributed by atoms with E-state index in [9.17, 15) is 9.59 Å². The van der Waals surface area contributed by atoms with Crippen molar-refractivity contribution in [3.8, 4) is 11.5 Å². The van der Waals surface area contributed by atoms with Crippen molar-refractivity contribution in [2.45, 2.75) is 25.3 Å². The number of nitrogens with one attached hydrogen (secondary N) is 1. The molecule has 0 spiro atoms. The Bertz CT molecular complexity index is 536. The van der Waals surface area contributed by atoms with Crippen molar-refractivity contribution in [2.24, 2.45) is 0 Å². The lowest BCUT2D eigenvalue weighted by Gasteiger charge is -2.14. The lowest BCUT2D eigenvalue weighted by Crippen LogP contribution is -2.45. The first-order chi connectivity index (χ1) is 9.47. The molecule has 1 aromatic carbocycles. The zero-order valence-electron chi connectivity index (χ0n) is 11.4. The molecule has 1 saturated carbocycles. The van der Waals surface area contributed by atoms with Crippen LogP contribution in [-0.2, 0) is 9.59 Å². The van der Waals surface area contributed by atoms with Crippen molar-refractivity contribution in [2.75, 3.05) is 13.7 Å². The molecule has 0 aromatic heterocycles. The van der Waals surface area contributed by atoms with Crippen LogP contribution in [0.2, 0.25) is 0 Å². The fraction of sp³-hybridized carbons (Fsp3) is 0.429. The molecule has 1 fully saturated rings. The molecule has 0 aliphatic heterocycles. The summed E-state index contributed by atoms with van der Waals surface area (Å²) in [5, 5.41) is 11.5. The van der Waals surface area contributed by atoms with E-state index in [1.807, 2.05) is 13.0 Å². The second-order valence-corrected chi connectivity index (χ2v) is 4.88. The number of rotatable bonds is 6. The maximum absolute atomic E-state index is 11.7. The molecule has 0 radical (unpaired) electrons. The summed E-state index contributed by atoms with van der Waals surface area (Å²) in [6.45, 7) is 1.68. The first-order valence-electron chi connectivity index (χ1n) is 6.29. The van der Waals surface area contributed by atoms with Gasteiger partial charge in [0.1, 0.15) is 5.54 Å². The van der Waals surface area contributed by atoms with Crippen LogP contribution in [0.25, 0.3) is 0 Å². The van der Waals surface area contributed by atoms with Crippen molar-refractivity contribution in [1.82, 2.24) is 5.32 Å². The molecule has 0 unspecified atom stereocenters. The monoisotopic (exact) mass is 279 g/mol. The average molecular weight is 279 g/mol. The van der Waals surface area contributed by atoms with E-state index >= 15 is 0 Å².